The Balaban J connectivity index is 0.00000361. The van der Waals surface area contributed by atoms with Gasteiger partial charge in [-0.3, -0.25) is 0 Å². The van der Waals surface area contributed by atoms with Crippen LogP contribution in [0.3, 0.4) is 0 Å². The van der Waals surface area contributed by atoms with Crippen LogP contribution in [0.2, 0.25) is 6.04 Å². The van der Waals surface area contributed by atoms with E-state index in [-0.39, 0.29) is 16.2 Å². The van der Waals surface area contributed by atoms with Crippen LogP contribution in [-0.2, 0) is 13.6 Å². The van der Waals surface area contributed by atoms with Crippen LogP contribution >= 0.6 is 0 Å². The van der Waals surface area contributed by atoms with Crippen LogP contribution in [0.25, 0.3) is 0 Å². The molecule has 2 unspecified atom stereocenters. The predicted molar refractivity (Wildman–Crippen MR) is 90.3 cm³/mol. The fourth-order valence-electron chi connectivity index (χ4n) is 3.45. The molecule has 1 rings (SSSR count). The quantitative estimate of drug-likeness (QED) is 0.599. The Kier molecular flexibility index (Phi) is 9.40. The Morgan fingerprint density at radius 1 is 1.15 bits per heavy atom. The van der Waals surface area contributed by atoms with E-state index in [1.165, 1.54) is 0 Å². The number of hydrogen-bond acceptors (Lipinski definition) is 5. The van der Waals surface area contributed by atoms with Gasteiger partial charge in [-0.05, 0) is 55.3 Å². The van der Waals surface area contributed by atoms with E-state index < -0.39 is 8.56 Å². The van der Waals surface area contributed by atoms with E-state index >= 15 is 0 Å². The summed E-state index contributed by atoms with van der Waals surface area (Å²) in [6.07, 6.45) is 5.14. The lowest BCUT2D eigenvalue weighted by Crippen LogP contribution is -2.65. The summed E-state index contributed by atoms with van der Waals surface area (Å²) in [5.74, 6) is 0.375. The zero-order valence-electron chi connectivity index (χ0n) is 12.6. The van der Waals surface area contributed by atoms with Crippen LogP contribution in [0.1, 0.15) is 32.1 Å². The number of nitrogens with two attached hydrogens (primary N) is 2. The molecule has 0 spiro atoms. The van der Waals surface area contributed by atoms with E-state index in [0.29, 0.717) is 19.0 Å². The number of rotatable bonds is 8. The minimum absolute atomic E-state index is 0. The number of ether oxygens (including phenoxy) is 1. The Morgan fingerprint density at radius 2 is 1.80 bits per heavy atom. The lowest BCUT2D eigenvalue weighted by Gasteiger charge is -2.49. The fourth-order valence-corrected chi connectivity index (χ4v) is 7.41. The first-order chi connectivity index (χ1) is 9.13. The van der Waals surface area contributed by atoms with Gasteiger partial charge in [0.1, 0.15) is 5.22 Å². The van der Waals surface area contributed by atoms with Gasteiger partial charge in [0.05, 0.1) is 0 Å². The molecule has 0 aromatic rings. The van der Waals surface area contributed by atoms with Crippen LogP contribution in [0, 0.1) is 5.92 Å². The van der Waals surface area contributed by atoms with Gasteiger partial charge in [0.15, 0.2) is 0 Å². The molecular formula is C13H34N2O3Si2. The molecule has 0 bridgehead atoms. The summed E-state index contributed by atoms with van der Waals surface area (Å²) in [5.41, 5.74) is 11.6. The molecule has 1 aliphatic rings. The van der Waals surface area contributed by atoms with Crippen LogP contribution < -0.4 is 11.5 Å². The third kappa shape index (κ3) is 3.91. The summed E-state index contributed by atoms with van der Waals surface area (Å²) in [5, 5.41) is -0.284. The average molecular weight is 323 g/mol. The molecule has 1 saturated heterocycles. The SMILES string of the molecule is COC1(CC(CN)CCN)CCCC[Si]1(OC)OC.[SiH4]. The molecule has 0 aromatic carbocycles. The third-order valence-electron chi connectivity index (χ3n) is 4.61. The first kappa shape index (κ1) is 20.2. The van der Waals surface area contributed by atoms with Crippen LogP contribution in [0.4, 0.5) is 0 Å². The Morgan fingerprint density at radius 3 is 2.25 bits per heavy atom. The third-order valence-corrected chi connectivity index (χ3v) is 8.98. The van der Waals surface area contributed by atoms with Gasteiger partial charge in [-0.15, -0.1) is 0 Å². The van der Waals surface area contributed by atoms with Crippen molar-refractivity contribution in [3.05, 3.63) is 0 Å². The second-order valence-electron chi connectivity index (χ2n) is 5.45. The van der Waals surface area contributed by atoms with E-state index in [2.05, 4.69) is 0 Å². The molecule has 1 heterocycles. The standard InChI is InChI=1S/C13H30N2O3Si.H4Si/c1-16-13(10-12(11-15)6-8-14)7-4-5-9-19(13,17-2)18-3;/h12H,4-11,14-15H2,1-3H3;1H4. The summed E-state index contributed by atoms with van der Waals surface area (Å²) < 4.78 is 17.7. The topological polar surface area (TPSA) is 79.7 Å². The smallest absolute Gasteiger partial charge is 0.370 e. The summed E-state index contributed by atoms with van der Waals surface area (Å²) in [4.78, 5) is 0. The van der Waals surface area contributed by atoms with Crippen LogP contribution in [-0.4, -0.2) is 59.2 Å². The van der Waals surface area contributed by atoms with E-state index in [0.717, 1.165) is 38.1 Å². The largest absolute Gasteiger partial charge is 0.396 e. The lowest BCUT2D eigenvalue weighted by molar-refractivity contribution is -0.0247. The van der Waals surface area contributed by atoms with Crippen molar-refractivity contribution >= 4 is 19.5 Å². The van der Waals surface area contributed by atoms with Crippen molar-refractivity contribution in [2.45, 2.75) is 43.4 Å². The van der Waals surface area contributed by atoms with Crippen molar-refractivity contribution in [2.24, 2.45) is 17.4 Å². The molecule has 5 nitrogen and oxygen atoms in total. The minimum atomic E-state index is -2.34. The zero-order valence-corrected chi connectivity index (χ0v) is 13.6. The highest BCUT2D eigenvalue weighted by molar-refractivity contribution is 6.70. The highest BCUT2D eigenvalue weighted by Gasteiger charge is 2.59. The minimum Gasteiger partial charge on any atom is -0.396 e. The molecule has 20 heavy (non-hydrogen) atoms. The van der Waals surface area contributed by atoms with Crippen molar-refractivity contribution in [1.29, 1.82) is 0 Å². The van der Waals surface area contributed by atoms with Gasteiger partial charge in [0, 0.05) is 21.3 Å². The Labute approximate surface area is 129 Å². The fraction of sp³-hybridized carbons (Fsp3) is 1.00. The Bertz CT molecular complexity index is 268. The maximum atomic E-state index is 5.97. The first-order valence-electron chi connectivity index (χ1n) is 7.19. The Hall–Kier alpha value is 0.234. The van der Waals surface area contributed by atoms with Crippen molar-refractivity contribution in [3.8, 4) is 0 Å². The molecule has 0 aromatic heterocycles. The van der Waals surface area contributed by atoms with Crippen molar-refractivity contribution < 1.29 is 13.6 Å². The number of hydrogen-bond donors (Lipinski definition) is 2. The monoisotopic (exact) mass is 322 g/mol. The normalized spacial score (nSPS) is 26.9. The highest BCUT2D eigenvalue weighted by atomic mass is 28.4. The molecule has 2 atom stereocenters. The maximum Gasteiger partial charge on any atom is 0.370 e. The van der Waals surface area contributed by atoms with Crippen molar-refractivity contribution in [2.75, 3.05) is 34.4 Å². The second-order valence-corrected chi connectivity index (χ2v) is 9.18. The van der Waals surface area contributed by atoms with Crippen LogP contribution in [0.15, 0.2) is 0 Å². The maximum absolute atomic E-state index is 5.97. The summed E-state index contributed by atoms with van der Waals surface area (Å²) in [7, 11) is 2.96. The summed E-state index contributed by atoms with van der Waals surface area (Å²) >= 11 is 0. The molecule has 0 radical (unpaired) electrons. The van der Waals surface area contributed by atoms with Gasteiger partial charge >= 0.3 is 8.56 Å². The van der Waals surface area contributed by atoms with Gasteiger partial charge in [-0.25, -0.2) is 0 Å². The zero-order chi connectivity index (χ0) is 14.4. The van der Waals surface area contributed by atoms with Crippen molar-refractivity contribution in [1.82, 2.24) is 0 Å². The molecule has 1 aliphatic heterocycles. The molecule has 0 amide bonds. The average Bonchev–Trinajstić information content (AvgIpc) is 2.47. The van der Waals surface area contributed by atoms with Gasteiger partial charge in [0.25, 0.3) is 0 Å². The number of methoxy groups -OCH3 is 1. The van der Waals surface area contributed by atoms with E-state index in [1.54, 1.807) is 21.3 Å². The molecule has 122 valence electrons. The lowest BCUT2D eigenvalue weighted by atomic mass is 9.94. The first-order valence-corrected chi connectivity index (χ1v) is 9.21. The molecule has 1 fully saturated rings. The van der Waals surface area contributed by atoms with E-state index in [4.69, 9.17) is 25.1 Å². The van der Waals surface area contributed by atoms with Crippen LogP contribution in [0.5, 0.6) is 0 Å². The second kappa shape index (κ2) is 9.29. The molecule has 0 saturated carbocycles. The highest BCUT2D eigenvalue weighted by Crippen LogP contribution is 2.43. The molecule has 7 heteroatoms. The van der Waals surface area contributed by atoms with Gasteiger partial charge in [-0.2, -0.15) is 0 Å². The van der Waals surface area contributed by atoms with Gasteiger partial charge in [0.2, 0.25) is 0 Å². The summed E-state index contributed by atoms with van der Waals surface area (Å²) in [6, 6.07) is 0.994. The predicted octanol–water partition coefficient (Wildman–Crippen LogP) is -0.308. The van der Waals surface area contributed by atoms with Crippen molar-refractivity contribution in [3.63, 3.8) is 0 Å². The van der Waals surface area contributed by atoms with Gasteiger partial charge in [-0.1, -0.05) is 12.8 Å². The van der Waals surface area contributed by atoms with Gasteiger partial charge < -0.3 is 25.1 Å². The molecular weight excluding hydrogens is 288 g/mol. The molecule has 4 N–H and O–H groups in total. The van der Waals surface area contributed by atoms with E-state index in [9.17, 15) is 0 Å². The summed E-state index contributed by atoms with van der Waals surface area (Å²) in [6.45, 7) is 1.30. The molecule has 0 aliphatic carbocycles. The van der Waals surface area contributed by atoms with E-state index in [1.807, 2.05) is 0 Å².